The van der Waals surface area contributed by atoms with Gasteiger partial charge in [0.2, 0.25) is 0 Å². The summed E-state index contributed by atoms with van der Waals surface area (Å²) in [6.07, 6.45) is 1.63. The van der Waals surface area contributed by atoms with E-state index in [1.165, 1.54) is 0 Å². The SMILES string of the molecule is CC(CN(C)C)NC(=O)c1ccc2nc[nH]c2c1. The van der Waals surface area contributed by atoms with Crippen molar-refractivity contribution in [1.82, 2.24) is 20.2 Å². The minimum Gasteiger partial charge on any atom is -0.348 e. The minimum atomic E-state index is -0.0548. The van der Waals surface area contributed by atoms with Crippen molar-refractivity contribution in [1.29, 1.82) is 0 Å². The lowest BCUT2D eigenvalue weighted by molar-refractivity contribution is 0.0934. The quantitative estimate of drug-likeness (QED) is 0.853. The van der Waals surface area contributed by atoms with Crippen LogP contribution in [0.5, 0.6) is 0 Å². The average molecular weight is 246 g/mol. The molecule has 2 N–H and O–H groups in total. The molecule has 0 aliphatic carbocycles. The maximum atomic E-state index is 12.0. The summed E-state index contributed by atoms with van der Waals surface area (Å²) in [6.45, 7) is 2.81. The Morgan fingerprint density at radius 1 is 1.50 bits per heavy atom. The van der Waals surface area contributed by atoms with Crippen LogP contribution in [0, 0.1) is 0 Å². The van der Waals surface area contributed by atoms with Crippen LogP contribution in [0.15, 0.2) is 24.5 Å². The van der Waals surface area contributed by atoms with Crippen molar-refractivity contribution in [3.05, 3.63) is 30.1 Å². The van der Waals surface area contributed by atoms with E-state index >= 15 is 0 Å². The van der Waals surface area contributed by atoms with E-state index < -0.39 is 0 Å². The van der Waals surface area contributed by atoms with Crippen LogP contribution in [0.2, 0.25) is 0 Å². The lowest BCUT2D eigenvalue weighted by Gasteiger charge is -2.18. The summed E-state index contributed by atoms with van der Waals surface area (Å²) < 4.78 is 0. The van der Waals surface area contributed by atoms with Gasteiger partial charge in [-0.2, -0.15) is 0 Å². The summed E-state index contributed by atoms with van der Waals surface area (Å²) in [7, 11) is 3.97. The number of benzene rings is 1. The number of hydrogen-bond donors (Lipinski definition) is 2. The number of nitrogens with zero attached hydrogens (tertiary/aromatic N) is 2. The smallest absolute Gasteiger partial charge is 0.251 e. The lowest BCUT2D eigenvalue weighted by atomic mass is 10.1. The number of aromatic amines is 1. The zero-order chi connectivity index (χ0) is 13.1. The van der Waals surface area contributed by atoms with Gasteiger partial charge in [-0.05, 0) is 39.2 Å². The molecule has 0 saturated carbocycles. The van der Waals surface area contributed by atoms with Gasteiger partial charge >= 0.3 is 0 Å². The second-order valence-electron chi connectivity index (χ2n) is 4.77. The van der Waals surface area contributed by atoms with Crippen molar-refractivity contribution >= 4 is 16.9 Å². The third-order valence-corrected chi connectivity index (χ3v) is 2.70. The Hall–Kier alpha value is -1.88. The highest BCUT2D eigenvalue weighted by Gasteiger charge is 2.11. The van der Waals surface area contributed by atoms with Crippen LogP contribution in [0.1, 0.15) is 17.3 Å². The van der Waals surface area contributed by atoms with Gasteiger partial charge < -0.3 is 15.2 Å². The number of hydrogen-bond acceptors (Lipinski definition) is 3. The first kappa shape index (κ1) is 12.6. The third-order valence-electron chi connectivity index (χ3n) is 2.70. The Kier molecular flexibility index (Phi) is 3.62. The predicted molar refractivity (Wildman–Crippen MR) is 71.6 cm³/mol. The summed E-state index contributed by atoms with van der Waals surface area (Å²) in [5.74, 6) is -0.0548. The number of carbonyl (C=O) groups excluding carboxylic acids is 1. The van der Waals surface area contributed by atoms with Crippen LogP contribution in [0.25, 0.3) is 11.0 Å². The molecule has 1 atom stereocenters. The molecule has 1 aromatic heterocycles. The van der Waals surface area contributed by atoms with Gasteiger partial charge in [0.05, 0.1) is 17.4 Å². The summed E-state index contributed by atoms with van der Waals surface area (Å²) in [5.41, 5.74) is 2.40. The molecule has 0 aliphatic rings. The van der Waals surface area contributed by atoms with Crippen LogP contribution >= 0.6 is 0 Å². The molecule has 1 aromatic carbocycles. The van der Waals surface area contributed by atoms with Crippen molar-refractivity contribution in [3.63, 3.8) is 0 Å². The molecule has 0 saturated heterocycles. The van der Waals surface area contributed by atoms with Crippen molar-refractivity contribution in [3.8, 4) is 0 Å². The van der Waals surface area contributed by atoms with E-state index in [4.69, 9.17) is 0 Å². The second kappa shape index (κ2) is 5.18. The van der Waals surface area contributed by atoms with Crippen LogP contribution in [-0.2, 0) is 0 Å². The Labute approximate surface area is 106 Å². The van der Waals surface area contributed by atoms with Crippen LogP contribution in [-0.4, -0.2) is 47.5 Å². The number of rotatable bonds is 4. The maximum absolute atomic E-state index is 12.0. The molecular formula is C13H18N4O. The fourth-order valence-corrected chi connectivity index (χ4v) is 1.98. The van der Waals surface area contributed by atoms with Crippen LogP contribution in [0.4, 0.5) is 0 Å². The normalized spacial score (nSPS) is 12.9. The number of H-pyrrole nitrogens is 1. The van der Waals surface area contributed by atoms with E-state index in [0.717, 1.165) is 17.6 Å². The number of imidazole rings is 1. The maximum Gasteiger partial charge on any atom is 0.251 e. The minimum absolute atomic E-state index is 0.0548. The molecule has 5 nitrogen and oxygen atoms in total. The molecule has 0 bridgehead atoms. The summed E-state index contributed by atoms with van der Waals surface area (Å²) in [5, 5.41) is 2.97. The first-order valence-corrected chi connectivity index (χ1v) is 5.95. The number of likely N-dealkylation sites (N-methyl/N-ethyl adjacent to an activating group) is 1. The topological polar surface area (TPSA) is 61.0 Å². The average Bonchev–Trinajstić information content (AvgIpc) is 2.74. The molecule has 5 heteroatoms. The van der Waals surface area contributed by atoms with Crippen molar-refractivity contribution in [2.45, 2.75) is 13.0 Å². The highest BCUT2D eigenvalue weighted by molar-refractivity contribution is 5.97. The highest BCUT2D eigenvalue weighted by atomic mass is 16.1. The van der Waals surface area contributed by atoms with E-state index in [0.29, 0.717) is 5.56 Å². The first-order chi connectivity index (χ1) is 8.56. The molecule has 0 spiro atoms. The van der Waals surface area contributed by atoms with E-state index in [1.54, 1.807) is 12.4 Å². The van der Waals surface area contributed by atoms with E-state index in [1.807, 2.05) is 38.1 Å². The van der Waals surface area contributed by atoms with Gasteiger partial charge in [-0.25, -0.2) is 4.98 Å². The molecule has 1 unspecified atom stereocenters. The Balaban J connectivity index is 2.08. The second-order valence-corrected chi connectivity index (χ2v) is 4.77. The standard InChI is InChI=1S/C13H18N4O/c1-9(7-17(2)3)16-13(18)10-4-5-11-12(6-10)15-8-14-11/h4-6,8-9H,7H2,1-3H3,(H,14,15)(H,16,18). The molecule has 1 amide bonds. The Bertz CT molecular complexity index is 547. The number of fused-ring (bicyclic) bond motifs is 1. The van der Waals surface area contributed by atoms with Gasteiger partial charge in [0.15, 0.2) is 0 Å². The van der Waals surface area contributed by atoms with Gasteiger partial charge in [-0.1, -0.05) is 0 Å². The Morgan fingerprint density at radius 2 is 2.28 bits per heavy atom. The molecule has 0 fully saturated rings. The molecule has 0 aliphatic heterocycles. The third kappa shape index (κ3) is 2.87. The van der Waals surface area contributed by atoms with Crippen molar-refractivity contribution in [2.75, 3.05) is 20.6 Å². The fourth-order valence-electron chi connectivity index (χ4n) is 1.98. The van der Waals surface area contributed by atoms with Crippen LogP contribution < -0.4 is 5.32 Å². The predicted octanol–water partition coefficient (Wildman–Crippen LogP) is 1.24. The van der Waals surface area contributed by atoms with Gasteiger partial charge in [0, 0.05) is 18.2 Å². The van der Waals surface area contributed by atoms with Crippen LogP contribution in [0.3, 0.4) is 0 Å². The highest BCUT2D eigenvalue weighted by Crippen LogP contribution is 2.11. The van der Waals surface area contributed by atoms with E-state index in [-0.39, 0.29) is 11.9 Å². The zero-order valence-corrected chi connectivity index (χ0v) is 10.9. The van der Waals surface area contributed by atoms with E-state index in [2.05, 4.69) is 15.3 Å². The Morgan fingerprint density at radius 3 is 3.00 bits per heavy atom. The number of nitrogens with one attached hydrogen (secondary N) is 2. The molecule has 96 valence electrons. The summed E-state index contributed by atoms with van der Waals surface area (Å²) >= 11 is 0. The molecule has 0 radical (unpaired) electrons. The monoisotopic (exact) mass is 246 g/mol. The molecule has 2 rings (SSSR count). The van der Waals surface area contributed by atoms with Gasteiger partial charge in [0.25, 0.3) is 5.91 Å². The summed E-state index contributed by atoms with van der Waals surface area (Å²) in [4.78, 5) is 21.2. The van der Waals surface area contributed by atoms with Gasteiger partial charge in [-0.3, -0.25) is 4.79 Å². The van der Waals surface area contributed by atoms with E-state index in [9.17, 15) is 4.79 Å². The first-order valence-electron chi connectivity index (χ1n) is 5.95. The van der Waals surface area contributed by atoms with Gasteiger partial charge in [0.1, 0.15) is 0 Å². The lowest BCUT2D eigenvalue weighted by Crippen LogP contribution is -2.39. The number of amides is 1. The zero-order valence-electron chi connectivity index (χ0n) is 10.9. The molecule has 1 heterocycles. The number of carbonyl (C=O) groups is 1. The molecular weight excluding hydrogens is 228 g/mol. The molecule has 18 heavy (non-hydrogen) atoms. The summed E-state index contributed by atoms with van der Waals surface area (Å²) in [6, 6.07) is 5.57. The van der Waals surface area contributed by atoms with Crippen molar-refractivity contribution in [2.24, 2.45) is 0 Å². The molecule has 2 aromatic rings. The fraction of sp³-hybridized carbons (Fsp3) is 0.385. The van der Waals surface area contributed by atoms with Crippen molar-refractivity contribution < 1.29 is 4.79 Å². The number of aromatic nitrogens is 2. The largest absolute Gasteiger partial charge is 0.348 e. The van der Waals surface area contributed by atoms with Gasteiger partial charge in [-0.15, -0.1) is 0 Å².